The summed E-state index contributed by atoms with van der Waals surface area (Å²) in [5.41, 5.74) is 13.5. The number of benzene rings is 4. The molecule has 2 aliphatic carbocycles. The Hall–Kier alpha value is -3.17. The van der Waals surface area contributed by atoms with E-state index in [-0.39, 0.29) is 22.7 Å². The van der Waals surface area contributed by atoms with Crippen LogP contribution in [0.3, 0.4) is 0 Å². The Balaban J connectivity index is 1.70. The minimum atomic E-state index is -5.95. The molecule has 4 aromatic carbocycles. The van der Waals surface area contributed by atoms with Gasteiger partial charge in [0.2, 0.25) is 0 Å². The topological polar surface area (TPSA) is 58.2 Å². The van der Waals surface area contributed by atoms with E-state index in [4.69, 9.17) is 17.0 Å². The molecule has 2 N–H and O–H groups in total. The van der Waals surface area contributed by atoms with Gasteiger partial charge in [-0.05, 0) is 0 Å². The normalized spacial score (nSPS) is 17.6. The molecule has 54 heavy (non-hydrogen) atoms. The fourth-order valence-corrected chi connectivity index (χ4v) is 30.2. The van der Waals surface area contributed by atoms with Gasteiger partial charge in [0, 0.05) is 0 Å². The predicted molar refractivity (Wildman–Crippen MR) is 228 cm³/mol. The Morgan fingerprint density at radius 2 is 0.926 bits per heavy atom. The van der Waals surface area contributed by atoms with E-state index in [0.29, 0.717) is 12.8 Å². The molecular weight excluding hydrogens is 785 g/mol. The Bertz CT molecular complexity index is 2030. The standard InChI is InChI=1S/2C22H25.C2H3BN2O2.2ClH.Zr/c2*1-15(2)17-13-16-9-8-11-18(20(16)14-17)19-10-6-7-12-21(19)22(3,4)5;6-1-4-3-5-2-7;;;/h2*6-15H,1-5H3;1-2H,(H-,4,5,6,7);2*1H;/q;;;;;+1/p-1. The maximum absolute atomic E-state index is 12.6. The molecule has 0 saturated heterocycles. The molecule has 2 atom stereocenters. The molecule has 0 bridgehead atoms. The van der Waals surface area contributed by atoms with E-state index in [1.54, 1.807) is 0 Å². The molecule has 2 unspecified atom stereocenters. The van der Waals surface area contributed by atoms with Gasteiger partial charge in [0.1, 0.15) is 0 Å². The first kappa shape index (κ1) is 40.5. The van der Waals surface area contributed by atoms with Crippen LogP contribution in [0.2, 0.25) is 0 Å². The zero-order valence-electron chi connectivity index (χ0n) is 33.4. The number of fused-ring (bicyclic) bond motifs is 2. The molecule has 4 nitrogen and oxygen atoms in total. The van der Waals surface area contributed by atoms with Gasteiger partial charge in [-0.1, -0.05) is 0 Å². The van der Waals surface area contributed by atoms with Crippen molar-refractivity contribution >= 4 is 46.5 Å². The summed E-state index contributed by atoms with van der Waals surface area (Å²) in [7, 11) is 17.4. The van der Waals surface area contributed by atoms with Crippen molar-refractivity contribution in [1.82, 2.24) is 10.5 Å². The molecule has 0 aromatic heterocycles. The molecule has 6 rings (SSSR count). The van der Waals surface area contributed by atoms with Gasteiger partial charge in [-0.25, -0.2) is 0 Å². The summed E-state index contributed by atoms with van der Waals surface area (Å²) < 4.78 is -1.84. The Morgan fingerprint density at radius 1 is 0.574 bits per heavy atom. The molecule has 0 heterocycles. The number of halogens is 2. The van der Waals surface area contributed by atoms with Crippen molar-refractivity contribution in [3.05, 3.63) is 129 Å². The van der Waals surface area contributed by atoms with Crippen molar-refractivity contribution in [2.24, 2.45) is 11.8 Å². The van der Waals surface area contributed by atoms with E-state index < -0.39 is 27.9 Å². The molecule has 0 radical (unpaired) electrons. The van der Waals surface area contributed by atoms with Crippen molar-refractivity contribution in [2.45, 2.75) is 87.3 Å². The number of carbonyl (C=O) groups is 2. The average Bonchev–Trinajstić information content (AvgIpc) is 3.73. The monoisotopic (exact) mass is 837 g/mol. The van der Waals surface area contributed by atoms with Crippen molar-refractivity contribution in [3.63, 3.8) is 0 Å². The summed E-state index contributed by atoms with van der Waals surface area (Å²) in [5, 5.41) is 6.00. The quantitative estimate of drug-likeness (QED) is 0.117. The molecular formula is C46H54BCl2N2O2Zr. The van der Waals surface area contributed by atoms with Gasteiger partial charge in [-0.15, -0.1) is 0 Å². The number of amides is 2. The van der Waals surface area contributed by atoms with E-state index in [0.717, 1.165) is 44.5 Å². The van der Waals surface area contributed by atoms with E-state index in [1.165, 1.54) is 22.3 Å². The zero-order chi connectivity index (χ0) is 39.4. The van der Waals surface area contributed by atoms with Crippen LogP contribution in [0.25, 0.3) is 34.4 Å². The third-order valence-electron chi connectivity index (χ3n) is 11.7. The van der Waals surface area contributed by atoms with Crippen LogP contribution in [0.4, 0.5) is 0 Å². The predicted octanol–water partition coefficient (Wildman–Crippen LogP) is 12.0. The summed E-state index contributed by atoms with van der Waals surface area (Å²) in [6.45, 7) is 22.2. The number of allylic oxidation sites excluding steroid dienone is 2. The van der Waals surface area contributed by atoms with Gasteiger partial charge in [0.15, 0.2) is 0 Å². The van der Waals surface area contributed by atoms with Crippen LogP contribution in [0.1, 0.15) is 110 Å². The number of hydrogen-bond donors (Lipinski definition) is 2. The van der Waals surface area contributed by atoms with Crippen molar-refractivity contribution < 1.29 is 25.8 Å². The molecule has 0 fully saturated rings. The van der Waals surface area contributed by atoms with Crippen LogP contribution >= 0.6 is 17.0 Å². The van der Waals surface area contributed by atoms with Crippen molar-refractivity contribution in [2.75, 3.05) is 0 Å². The van der Waals surface area contributed by atoms with Gasteiger partial charge < -0.3 is 0 Å². The second kappa shape index (κ2) is 14.7. The Kier molecular flexibility index (Phi) is 11.0. The summed E-state index contributed by atoms with van der Waals surface area (Å²) in [4.78, 5) is 25.2. The van der Waals surface area contributed by atoms with Crippen LogP contribution in [0.15, 0.2) is 96.1 Å². The molecule has 2 aliphatic rings. The number of nitrogens with one attached hydrogen (secondary N) is 2. The Labute approximate surface area is 331 Å². The van der Waals surface area contributed by atoms with Crippen LogP contribution in [-0.2, 0) is 36.6 Å². The van der Waals surface area contributed by atoms with Crippen LogP contribution in [-0.4, -0.2) is 17.3 Å². The molecule has 8 heteroatoms. The van der Waals surface area contributed by atoms with Crippen molar-refractivity contribution in [3.8, 4) is 22.3 Å². The first-order valence-electron chi connectivity index (χ1n) is 19.2. The number of carbonyl (C=O) groups excluding carboxylic acids is 2. The summed E-state index contributed by atoms with van der Waals surface area (Å²) in [6.07, 6.45) is 5.88. The van der Waals surface area contributed by atoms with Gasteiger partial charge in [-0.3, -0.25) is 0 Å². The molecule has 2 amide bonds. The number of rotatable bonds is 11. The molecule has 0 saturated carbocycles. The van der Waals surface area contributed by atoms with E-state index in [1.807, 2.05) is 0 Å². The second-order valence-corrected chi connectivity index (χ2v) is 39.3. The SMILES string of the molecule is CC(C)C1=Cc2c(-c3ccccc3C(C)(C)C)cccc2[CH]1[Zr]([Cl])([Cl])([B](NC=O)NC=O)[CH]1C(C(C)C)=Cc2c(-c3ccccc3C(C)(C)C)cccc21. The maximum atomic E-state index is 12.6. The van der Waals surface area contributed by atoms with Gasteiger partial charge in [-0.2, -0.15) is 0 Å². The molecule has 0 spiro atoms. The molecule has 4 aromatic rings. The summed E-state index contributed by atoms with van der Waals surface area (Å²) >= 11 is -5.95. The third-order valence-corrected chi connectivity index (χ3v) is 31.6. The summed E-state index contributed by atoms with van der Waals surface area (Å²) in [6, 6.07) is 30.2. The summed E-state index contributed by atoms with van der Waals surface area (Å²) in [5.74, 6) is 0.146. The van der Waals surface area contributed by atoms with Gasteiger partial charge >= 0.3 is 334 Å². The van der Waals surface area contributed by atoms with Crippen LogP contribution < -0.4 is 10.5 Å². The zero-order valence-corrected chi connectivity index (χ0v) is 37.3. The average molecular weight is 840 g/mol. The van der Waals surface area contributed by atoms with Crippen LogP contribution in [0.5, 0.6) is 0 Å². The fraction of sp³-hybridized carbons (Fsp3) is 0.348. The molecule has 0 aliphatic heterocycles. The minimum absolute atomic E-state index is 0.0731. The van der Waals surface area contributed by atoms with Gasteiger partial charge in [0.25, 0.3) is 0 Å². The molecule has 281 valence electrons. The van der Waals surface area contributed by atoms with E-state index >= 15 is 0 Å². The van der Waals surface area contributed by atoms with E-state index in [2.05, 4.69) is 177 Å². The van der Waals surface area contributed by atoms with Crippen LogP contribution in [0, 0.1) is 11.8 Å². The first-order chi connectivity index (χ1) is 25.4. The fourth-order valence-electron chi connectivity index (χ4n) is 9.30. The van der Waals surface area contributed by atoms with Gasteiger partial charge in [0.05, 0.1) is 0 Å². The number of hydrogen-bond acceptors (Lipinski definition) is 2. The van der Waals surface area contributed by atoms with E-state index in [9.17, 15) is 9.59 Å². The second-order valence-electron chi connectivity index (χ2n) is 17.9. The third kappa shape index (κ3) is 6.73. The first-order valence-corrected chi connectivity index (χ1v) is 29.8. The van der Waals surface area contributed by atoms with Crippen molar-refractivity contribution in [1.29, 1.82) is 0 Å². The Morgan fingerprint density at radius 3 is 1.26 bits per heavy atom.